The topological polar surface area (TPSA) is 152 Å². The number of hydrogen-bond acceptors (Lipinski definition) is 11. The molecule has 40 heavy (non-hydrogen) atoms. The first-order valence-corrected chi connectivity index (χ1v) is 14.1. The van der Waals surface area contributed by atoms with E-state index in [-0.39, 0.29) is 24.8 Å². The number of rotatable bonds is 23. The number of amides is 2. The van der Waals surface area contributed by atoms with Crippen LogP contribution in [0.25, 0.3) is 0 Å². The Hall–Kier alpha value is -2.49. The lowest BCUT2D eigenvalue weighted by molar-refractivity contribution is -0.117. The highest BCUT2D eigenvalue weighted by Crippen LogP contribution is 2.23. The lowest BCUT2D eigenvalue weighted by Gasteiger charge is -2.11. The average Bonchev–Trinajstić information content (AvgIpc) is 3.26. The fourth-order valence-electron chi connectivity index (χ4n) is 3.14. The normalized spacial score (nSPS) is 11.1. The Morgan fingerprint density at radius 3 is 1.75 bits per heavy atom. The van der Waals surface area contributed by atoms with Gasteiger partial charge in [0.2, 0.25) is 5.91 Å². The van der Waals surface area contributed by atoms with E-state index in [1.54, 1.807) is 24.3 Å². The first-order valence-electron chi connectivity index (χ1n) is 13.3. The first kappa shape index (κ1) is 33.7. The van der Waals surface area contributed by atoms with Crippen LogP contribution in [0.2, 0.25) is 0 Å². The molecule has 0 fully saturated rings. The van der Waals surface area contributed by atoms with Gasteiger partial charge in [0.05, 0.1) is 103 Å². The van der Waals surface area contributed by atoms with Crippen LogP contribution in [0.15, 0.2) is 24.3 Å². The van der Waals surface area contributed by atoms with Crippen molar-refractivity contribution in [3.8, 4) is 0 Å². The van der Waals surface area contributed by atoms with Gasteiger partial charge in [-0.1, -0.05) is 12.1 Å². The summed E-state index contributed by atoms with van der Waals surface area (Å²) >= 11 is 1.41. The molecule has 0 saturated heterocycles. The summed E-state index contributed by atoms with van der Waals surface area (Å²) in [5.74, 6) is -0.582. The van der Waals surface area contributed by atoms with Crippen LogP contribution in [0.5, 0.6) is 0 Å². The first-order chi connectivity index (χ1) is 19.5. The van der Waals surface area contributed by atoms with E-state index in [4.69, 9.17) is 34.2 Å². The quantitative estimate of drug-likeness (QED) is 0.167. The highest BCUT2D eigenvalue weighted by molar-refractivity contribution is 7.15. The van der Waals surface area contributed by atoms with Crippen molar-refractivity contribution in [2.24, 2.45) is 5.73 Å². The predicted octanol–water partition coefficient (Wildman–Crippen LogP) is 2.40. The molecule has 1 heterocycles. The minimum absolute atomic E-state index is 0.150. The minimum atomic E-state index is -0.333. The molecule has 224 valence electrons. The van der Waals surface area contributed by atoms with Gasteiger partial charge < -0.3 is 39.5 Å². The summed E-state index contributed by atoms with van der Waals surface area (Å²) in [6.45, 7) is 9.80. The Kier molecular flexibility index (Phi) is 17.9. The molecule has 13 heteroatoms. The Morgan fingerprint density at radius 1 is 0.750 bits per heavy atom. The number of hydrogen-bond donors (Lipinski definition) is 3. The summed E-state index contributed by atoms with van der Waals surface area (Å²) in [4.78, 5) is 30.5. The average molecular weight is 583 g/mol. The van der Waals surface area contributed by atoms with Gasteiger partial charge in [-0.25, -0.2) is 4.98 Å². The molecule has 4 N–H and O–H groups in total. The smallest absolute Gasteiger partial charge is 0.259 e. The van der Waals surface area contributed by atoms with Crippen molar-refractivity contribution < 1.29 is 38.0 Å². The van der Waals surface area contributed by atoms with Gasteiger partial charge in [0, 0.05) is 11.4 Å². The molecule has 0 atom stereocenters. The number of aryl methyl sites for hydroxylation is 2. The molecule has 0 aliphatic heterocycles. The molecule has 2 amide bonds. The molecule has 0 aliphatic carbocycles. The van der Waals surface area contributed by atoms with Gasteiger partial charge in [0.25, 0.3) is 5.91 Å². The number of aromatic nitrogens is 1. The standard InChI is InChI=1S/C27H42N4O8S/c1-21-22(2)40-27(29-21)31-26(33)23-5-3-4-6-24(23)30-25(32)7-9-34-11-13-36-15-17-38-19-20-39-18-16-37-14-12-35-10-8-28/h3-6H,7-20,28H2,1-2H3,(H,30,32)(H,29,31,33). The maximum absolute atomic E-state index is 12.7. The SMILES string of the molecule is Cc1nc(NC(=O)c2ccccc2NC(=O)CCOCCOCCOCCOCCOCCOCCN)sc1C. The monoisotopic (exact) mass is 582 g/mol. The minimum Gasteiger partial charge on any atom is -0.379 e. The van der Waals surface area contributed by atoms with Crippen LogP contribution in [0, 0.1) is 13.8 Å². The van der Waals surface area contributed by atoms with Gasteiger partial charge in [0.15, 0.2) is 5.13 Å². The highest BCUT2D eigenvalue weighted by Gasteiger charge is 2.15. The fraction of sp³-hybridized carbons (Fsp3) is 0.593. The number of thiazole rings is 1. The van der Waals surface area contributed by atoms with Crippen molar-refractivity contribution in [3.63, 3.8) is 0 Å². The van der Waals surface area contributed by atoms with Crippen LogP contribution in [-0.2, 0) is 33.2 Å². The van der Waals surface area contributed by atoms with Crippen molar-refractivity contribution in [1.29, 1.82) is 0 Å². The largest absolute Gasteiger partial charge is 0.379 e. The summed E-state index contributed by atoms with van der Waals surface area (Å²) in [7, 11) is 0. The maximum Gasteiger partial charge on any atom is 0.259 e. The number of para-hydroxylation sites is 1. The Balaban J connectivity index is 1.45. The van der Waals surface area contributed by atoms with Crippen LogP contribution in [0.4, 0.5) is 10.8 Å². The van der Waals surface area contributed by atoms with E-state index in [0.717, 1.165) is 10.6 Å². The second-order valence-corrected chi connectivity index (χ2v) is 9.62. The maximum atomic E-state index is 12.7. The van der Waals surface area contributed by atoms with Crippen molar-refractivity contribution in [1.82, 2.24) is 4.98 Å². The Bertz CT molecular complexity index is 972. The summed E-state index contributed by atoms with van der Waals surface area (Å²) in [5, 5.41) is 6.10. The lowest BCUT2D eigenvalue weighted by atomic mass is 10.1. The second kappa shape index (κ2) is 21.3. The number of nitrogens with zero attached hydrogens (tertiary/aromatic N) is 1. The molecular weight excluding hydrogens is 540 g/mol. The van der Waals surface area contributed by atoms with Gasteiger partial charge in [0.1, 0.15) is 0 Å². The number of nitrogens with one attached hydrogen (secondary N) is 2. The lowest BCUT2D eigenvalue weighted by Crippen LogP contribution is -2.19. The summed E-state index contributed by atoms with van der Waals surface area (Å²) in [6, 6.07) is 6.84. The van der Waals surface area contributed by atoms with E-state index in [2.05, 4.69) is 15.6 Å². The number of carbonyl (C=O) groups is 2. The van der Waals surface area contributed by atoms with Gasteiger partial charge in [-0.3, -0.25) is 14.9 Å². The number of carbonyl (C=O) groups excluding carboxylic acids is 2. The van der Waals surface area contributed by atoms with Crippen molar-refractivity contribution >= 4 is 34.0 Å². The molecule has 0 unspecified atom stereocenters. The zero-order valence-corrected chi connectivity index (χ0v) is 24.2. The molecule has 0 bridgehead atoms. The Morgan fingerprint density at radius 2 is 1.25 bits per heavy atom. The van der Waals surface area contributed by atoms with Gasteiger partial charge >= 0.3 is 0 Å². The number of nitrogens with two attached hydrogens (primary N) is 1. The van der Waals surface area contributed by atoms with E-state index in [1.807, 2.05) is 13.8 Å². The molecule has 2 aromatic rings. The molecule has 2 rings (SSSR count). The second-order valence-electron chi connectivity index (χ2n) is 8.42. The molecule has 0 spiro atoms. The molecule has 12 nitrogen and oxygen atoms in total. The molecular formula is C27H42N4O8S. The molecule has 0 radical (unpaired) electrons. The van der Waals surface area contributed by atoms with Gasteiger partial charge in [-0.15, -0.1) is 11.3 Å². The van der Waals surface area contributed by atoms with Crippen LogP contribution in [0.3, 0.4) is 0 Å². The van der Waals surface area contributed by atoms with E-state index in [9.17, 15) is 9.59 Å². The van der Waals surface area contributed by atoms with Gasteiger partial charge in [-0.05, 0) is 26.0 Å². The van der Waals surface area contributed by atoms with Crippen LogP contribution >= 0.6 is 11.3 Å². The molecule has 1 aromatic carbocycles. The van der Waals surface area contributed by atoms with Crippen molar-refractivity contribution in [3.05, 3.63) is 40.4 Å². The zero-order valence-electron chi connectivity index (χ0n) is 23.4. The highest BCUT2D eigenvalue weighted by atomic mass is 32.1. The third-order valence-corrected chi connectivity index (χ3v) is 6.28. The van der Waals surface area contributed by atoms with E-state index < -0.39 is 0 Å². The Labute approximate surface area is 239 Å². The third kappa shape index (κ3) is 14.8. The number of benzene rings is 1. The van der Waals surface area contributed by atoms with E-state index in [1.165, 1.54) is 11.3 Å². The predicted molar refractivity (Wildman–Crippen MR) is 153 cm³/mol. The van der Waals surface area contributed by atoms with Crippen molar-refractivity contribution in [2.45, 2.75) is 20.3 Å². The summed E-state index contributed by atoms with van der Waals surface area (Å²) < 4.78 is 32.3. The van der Waals surface area contributed by atoms with E-state index in [0.29, 0.717) is 95.6 Å². The van der Waals surface area contributed by atoms with Crippen LogP contribution in [-0.4, -0.2) is 103 Å². The third-order valence-electron chi connectivity index (χ3n) is 5.29. The molecule has 0 saturated carbocycles. The van der Waals surface area contributed by atoms with E-state index >= 15 is 0 Å². The molecule has 1 aromatic heterocycles. The summed E-state index contributed by atoms with van der Waals surface area (Å²) in [5.41, 5.74) is 6.99. The number of ether oxygens (including phenoxy) is 6. The molecule has 0 aliphatic rings. The zero-order chi connectivity index (χ0) is 28.8. The summed E-state index contributed by atoms with van der Waals surface area (Å²) in [6.07, 6.45) is 0.150. The number of anilines is 2. The fourth-order valence-corrected chi connectivity index (χ4v) is 3.95. The van der Waals surface area contributed by atoms with Gasteiger partial charge in [-0.2, -0.15) is 0 Å². The van der Waals surface area contributed by atoms with Crippen molar-refractivity contribution in [2.75, 3.05) is 96.5 Å². The van der Waals surface area contributed by atoms with Crippen LogP contribution < -0.4 is 16.4 Å². The van der Waals surface area contributed by atoms with Crippen LogP contribution in [0.1, 0.15) is 27.3 Å².